The van der Waals surface area contributed by atoms with Crippen molar-refractivity contribution in [3.63, 3.8) is 0 Å². The van der Waals surface area contributed by atoms with Gasteiger partial charge < -0.3 is 19.5 Å². The molecule has 1 N–H and O–H groups in total. The van der Waals surface area contributed by atoms with Gasteiger partial charge >= 0.3 is 40.8 Å². The van der Waals surface area contributed by atoms with Crippen LogP contribution in [0, 0.1) is 0 Å². The van der Waals surface area contributed by atoms with Crippen LogP contribution in [0.4, 0.5) is 4.79 Å². The fourth-order valence-electron chi connectivity index (χ4n) is 2.42. The van der Waals surface area contributed by atoms with Crippen LogP contribution in [0.2, 0.25) is 0 Å². The average Bonchev–Trinajstić information content (AvgIpc) is 2.38. The summed E-state index contributed by atoms with van der Waals surface area (Å²) >= 11 is 4.01. The summed E-state index contributed by atoms with van der Waals surface area (Å²) in [6, 6.07) is 0. The normalized spacial score (nSPS) is 26.5. The zero-order chi connectivity index (χ0) is 16.0. The van der Waals surface area contributed by atoms with Gasteiger partial charge in [-0.1, -0.05) is 0 Å². The number of ether oxygens (including phenoxy) is 2. The van der Waals surface area contributed by atoms with E-state index in [9.17, 15) is 9.90 Å². The van der Waals surface area contributed by atoms with Gasteiger partial charge in [0.25, 0.3) is 0 Å². The van der Waals surface area contributed by atoms with Gasteiger partial charge in [-0.15, -0.1) is 0 Å². The molecule has 2 fully saturated rings. The van der Waals surface area contributed by atoms with E-state index in [4.69, 9.17) is 9.47 Å². The van der Waals surface area contributed by atoms with E-state index < -0.39 is 5.60 Å². The number of halogens is 1. The van der Waals surface area contributed by atoms with Crippen molar-refractivity contribution in [2.45, 2.75) is 70.4 Å². The molecule has 1 aliphatic heterocycles. The summed E-state index contributed by atoms with van der Waals surface area (Å²) < 4.78 is 11.2. The van der Waals surface area contributed by atoms with Crippen LogP contribution in [0.25, 0.3) is 0 Å². The molecule has 1 amide bonds. The Morgan fingerprint density at radius 2 is 1.71 bits per heavy atom. The quantitative estimate of drug-likeness (QED) is 0.505. The minimum atomic E-state index is -0.438. The van der Waals surface area contributed by atoms with E-state index in [2.05, 4.69) is 19.7 Å². The molecule has 0 aromatic heterocycles. The van der Waals surface area contributed by atoms with Gasteiger partial charge in [-0.05, 0) is 46.5 Å². The van der Waals surface area contributed by atoms with Gasteiger partial charge in [0.2, 0.25) is 0 Å². The second-order valence-electron chi connectivity index (χ2n) is 6.55. The van der Waals surface area contributed by atoms with Crippen molar-refractivity contribution >= 4 is 25.8 Å². The van der Waals surface area contributed by atoms with Crippen LogP contribution in [0.5, 0.6) is 0 Å². The van der Waals surface area contributed by atoms with E-state index in [0.717, 1.165) is 25.7 Å². The van der Waals surface area contributed by atoms with Gasteiger partial charge in [0.05, 0.1) is 18.3 Å². The summed E-state index contributed by atoms with van der Waals surface area (Å²) in [6.07, 6.45) is 3.25. The number of hydrogen-bond acceptors (Lipinski definition) is 4. The molecule has 5 nitrogen and oxygen atoms in total. The van der Waals surface area contributed by atoms with Crippen LogP contribution in [0.3, 0.4) is 0 Å². The van der Waals surface area contributed by atoms with Crippen molar-refractivity contribution in [1.82, 2.24) is 4.90 Å². The van der Waals surface area contributed by atoms with Crippen molar-refractivity contribution in [1.29, 1.82) is 0 Å². The first-order chi connectivity index (χ1) is 9.83. The molecule has 125 valence electrons. The maximum absolute atomic E-state index is 11.9. The Morgan fingerprint density at radius 3 is 2.14 bits per heavy atom. The summed E-state index contributed by atoms with van der Waals surface area (Å²) in [5.74, 6) is 0. The number of carbonyl (C=O) groups excluding carboxylic acids is 1. The Balaban J connectivity index is 0.00000106. The minimum absolute atomic E-state index is 0.174. The standard InChI is InChI=1S/C14H25NO4.HI.Os/c1-14(2,3)19-13(17)15-6-4-11(5-7-15)18-12-8-10(16)9-12;;/h10-12,16H,4-9H2,1-3H3;1H;/q;;+1/p-1. The second kappa shape index (κ2) is 9.00. The molecule has 0 atom stereocenters. The van der Waals surface area contributed by atoms with Crippen LogP contribution >= 0.6 is 19.7 Å². The molecule has 1 saturated carbocycles. The predicted molar refractivity (Wildman–Crippen MR) is 85.0 cm³/mol. The number of piperidine rings is 1. The predicted octanol–water partition coefficient (Wildman–Crippen LogP) is 2.81. The number of aliphatic hydroxyl groups is 1. The van der Waals surface area contributed by atoms with Crippen LogP contribution in [-0.4, -0.2) is 53.1 Å². The van der Waals surface area contributed by atoms with Crippen molar-refractivity contribution in [3.05, 3.63) is 0 Å². The Morgan fingerprint density at radius 1 is 1.19 bits per heavy atom. The monoisotopic (exact) mass is 590 g/mol. The van der Waals surface area contributed by atoms with E-state index in [0.29, 0.717) is 13.1 Å². The third kappa shape index (κ3) is 7.11. The molecule has 1 aliphatic carbocycles. The average molecular weight is 588 g/mol. The molecule has 1 saturated heterocycles. The number of rotatable bonds is 2. The third-order valence-corrected chi connectivity index (χ3v) is 3.55. The number of likely N-dealkylation sites (tertiary alicyclic amines) is 1. The zero-order valence-corrected chi connectivity index (χ0v) is 17.5. The fourth-order valence-corrected chi connectivity index (χ4v) is 2.42. The molecule has 0 aromatic carbocycles. The van der Waals surface area contributed by atoms with Crippen molar-refractivity contribution in [3.8, 4) is 0 Å². The summed E-state index contributed by atoms with van der Waals surface area (Å²) in [5.41, 5.74) is -0.438. The molecule has 0 bridgehead atoms. The Bertz CT molecular complexity index is 323. The number of aliphatic hydroxyl groups excluding tert-OH is 1. The molecule has 2 rings (SSSR count). The summed E-state index contributed by atoms with van der Waals surface area (Å²) in [5, 5.41) is 9.22. The Kier molecular flexibility index (Phi) is 8.40. The zero-order valence-electron chi connectivity index (χ0n) is 12.8. The molecule has 0 unspecified atom stereocenters. The van der Waals surface area contributed by atoms with E-state index in [1.807, 2.05) is 35.8 Å². The molecular weight excluding hydrogens is 563 g/mol. The SMILES string of the molecule is CC(C)(C)OC(=O)N1CCC(OC2CC(O)C2)CC1.[I][Os]. The first kappa shape index (κ1) is 19.6. The number of carbonyl (C=O) groups is 1. The summed E-state index contributed by atoms with van der Waals surface area (Å²) in [4.78, 5) is 13.6. The first-order valence-corrected chi connectivity index (χ1v) is 14.5. The van der Waals surface area contributed by atoms with E-state index in [1.54, 1.807) is 4.90 Å². The van der Waals surface area contributed by atoms with Crippen molar-refractivity contribution < 1.29 is 34.4 Å². The van der Waals surface area contributed by atoms with Gasteiger partial charge in [0.15, 0.2) is 0 Å². The molecule has 2 aliphatic rings. The molecular formula is C14H25INO4Os. The Labute approximate surface area is 148 Å². The van der Waals surface area contributed by atoms with Crippen LogP contribution < -0.4 is 0 Å². The van der Waals surface area contributed by atoms with Crippen molar-refractivity contribution in [2.24, 2.45) is 0 Å². The number of nitrogens with zero attached hydrogens (tertiary/aromatic N) is 1. The van der Waals surface area contributed by atoms with Gasteiger partial charge in [-0.3, -0.25) is 0 Å². The van der Waals surface area contributed by atoms with E-state index >= 15 is 0 Å². The van der Waals surface area contributed by atoms with Crippen LogP contribution in [0.1, 0.15) is 46.5 Å². The van der Waals surface area contributed by atoms with Gasteiger partial charge in [-0.25, -0.2) is 4.79 Å². The van der Waals surface area contributed by atoms with Gasteiger partial charge in [0.1, 0.15) is 5.60 Å². The maximum atomic E-state index is 11.9. The molecule has 21 heavy (non-hydrogen) atoms. The number of hydrogen-bond donors (Lipinski definition) is 1. The number of amides is 1. The van der Waals surface area contributed by atoms with E-state index in [1.165, 1.54) is 0 Å². The molecule has 7 heteroatoms. The molecule has 0 spiro atoms. The third-order valence-electron chi connectivity index (χ3n) is 3.55. The van der Waals surface area contributed by atoms with Crippen molar-refractivity contribution in [2.75, 3.05) is 13.1 Å². The van der Waals surface area contributed by atoms with Crippen LogP contribution in [0.15, 0.2) is 0 Å². The second-order valence-corrected chi connectivity index (χ2v) is 6.55. The Hall–Kier alpha value is 0.556. The van der Waals surface area contributed by atoms with Gasteiger partial charge in [0, 0.05) is 13.1 Å². The molecule has 1 heterocycles. The molecule has 0 aromatic rings. The van der Waals surface area contributed by atoms with E-state index in [-0.39, 0.29) is 24.4 Å². The topological polar surface area (TPSA) is 59.0 Å². The fraction of sp³-hybridized carbons (Fsp3) is 0.929. The van der Waals surface area contributed by atoms with Crippen LogP contribution in [-0.2, 0) is 24.5 Å². The summed E-state index contributed by atoms with van der Waals surface area (Å²) in [6.45, 7) is 7.01. The van der Waals surface area contributed by atoms with Gasteiger partial charge in [-0.2, -0.15) is 0 Å². The summed E-state index contributed by atoms with van der Waals surface area (Å²) in [7, 11) is 0. The molecule has 0 radical (unpaired) electrons. The first-order valence-electron chi connectivity index (χ1n) is 7.28.